The number of halogens is 2. The van der Waals surface area contributed by atoms with E-state index in [1.165, 1.54) is 18.2 Å². The van der Waals surface area contributed by atoms with E-state index in [1.807, 2.05) is 7.05 Å². The number of carbonyl (C=O) groups excluding carboxylic acids is 1. The summed E-state index contributed by atoms with van der Waals surface area (Å²) in [6, 6.07) is 5.40. The lowest BCUT2D eigenvalue weighted by molar-refractivity contribution is 0.0676. The minimum atomic E-state index is -0.440. The van der Waals surface area contributed by atoms with Gasteiger partial charge in [-0.2, -0.15) is 0 Å². The third kappa shape index (κ3) is 3.76. The molecule has 24 heavy (non-hydrogen) atoms. The van der Waals surface area contributed by atoms with Gasteiger partial charge in [-0.05, 0) is 50.6 Å². The van der Waals surface area contributed by atoms with Crippen LogP contribution in [0.3, 0.4) is 0 Å². The highest BCUT2D eigenvalue weighted by Gasteiger charge is 2.25. The molecule has 0 bridgehead atoms. The molecule has 3 rings (SSSR count). The number of amides is 1. The molecule has 1 unspecified atom stereocenters. The Morgan fingerprint density at radius 2 is 2.21 bits per heavy atom. The number of benzene rings is 1. The molecule has 1 fully saturated rings. The summed E-state index contributed by atoms with van der Waals surface area (Å²) >= 11 is 0. The van der Waals surface area contributed by atoms with Crippen LogP contribution in [0.1, 0.15) is 23.2 Å². The number of nitrogens with one attached hydrogen (secondary N) is 2. The molecule has 1 aromatic heterocycles. The second-order valence-corrected chi connectivity index (χ2v) is 6.05. The fraction of sp³-hybridized carbons (Fsp3) is 0.412. The van der Waals surface area contributed by atoms with E-state index in [0.717, 1.165) is 19.4 Å². The number of hydrogen-bond donors (Lipinski definition) is 2. The molecule has 1 aromatic carbocycles. The van der Waals surface area contributed by atoms with Crippen molar-refractivity contribution in [2.24, 2.45) is 5.92 Å². The topological polar surface area (TPSA) is 65.2 Å². The lowest BCUT2D eigenvalue weighted by Crippen LogP contribution is -2.42. The van der Waals surface area contributed by atoms with Crippen molar-refractivity contribution < 1.29 is 9.18 Å². The fourth-order valence-electron chi connectivity index (χ4n) is 3.28. The average molecular weight is 354 g/mol. The van der Waals surface area contributed by atoms with Gasteiger partial charge in [0.25, 0.3) is 5.91 Å². The van der Waals surface area contributed by atoms with Gasteiger partial charge in [-0.25, -0.2) is 4.39 Å². The number of aromatic nitrogens is 1. The van der Waals surface area contributed by atoms with Crippen LogP contribution in [0.2, 0.25) is 0 Å². The zero-order valence-electron chi connectivity index (χ0n) is 13.5. The van der Waals surface area contributed by atoms with Gasteiger partial charge in [0, 0.05) is 24.5 Å². The van der Waals surface area contributed by atoms with E-state index >= 15 is 0 Å². The van der Waals surface area contributed by atoms with E-state index in [9.17, 15) is 14.0 Å². The van der Waals surface area contributed by atoms with Crippen LogP contribution in [0, 0.1) is 11.7 Å². The first kappa shape index (κ1) is 18.4. The van der Waals surface area contributed by atoms with Crippen molar-refractivity contribution in [1.82, 2.24) is 15.2 Å². The van der Waals surface area contributed by atoms with Crippen LogP contribution in [-0.2, 0) is 0 Å². The van der Waals surface area contributed by atoms with Gasteiger partial charge in [-0.1, -0.05) is 0 Å². The van der Waals surface area contributed by atoms with Crippen LogP contribution in [-0.4, -0.2) is 42.5 Å². The molecular formula is C17H21ClFN3O2. The summed E-state index contributed by atoms with van der Waals surface area (Å²) in [6.07, 6.45) is 2.04. The molecule has 1 aliphatic heterocycles. The molecular weight excluding hydrogens is 333 g/mol. The number of rotatable bonds is 3. The van der Waals surface area contributed by atoms with Crippen LogP contribution >= 0.6 is 12.4 Å². The van der Waals surface area contributed by atoms with Crippen LogP contribution in [0.25, 0.3) is 10.9 Å². The molecule has 7 heteroatoms. The summed E-state index contributed by atoms with van der Waals surface area (Å²) < 4.78 is 13.4. The number of piperidine rings is 1. The van der Waals surface area contributed by atoms with E-state index < -0.39 is 11.4 Å². The van der Waals surface area contributed by atoms with E-state index in [4.69, 9.17) is 0 Å². The summed E-state index contributed by atoms with van der Waals surface area (Å²) in [5.41, 5.74) is 0.300. The Morgan fingerprint density at radius 1 is 1.42 bits per heavy atom. The van der Waals surface area contributed by atoms with Gasteiger partial charge < -0.3 is 15.2 Å². The molecule has 1 saturated heterocycles. The van der Waals surface area contributed by atoms with Crippen LogP contribution < -0.4 is 10.9 Å². The van der Waals surface area contributed by atoms with E-state index in [2.05, 4.69) is 10.3 Å². The van der Waals surface area contributed by atoms with E-state index in [0.29, 0.717) is 35.5 Å². The van der Waals surface area contributed by atoms with Gasteiger partial charge in [-0.3, -0.25) is 9.59 Å². The third-order valence-corrected chi connectivity index (χ3v) is 4.33. The number of hydrogen-bond acceptors (Lipinski definition) is 3. The lowest BCUT2D eigenvalue weighted by atomic mass is 9.97. The Hall–Kier alpha value is -1.92. The Morgan fingerprint density at radius 3 is 2.96 bits per heavy atom. The van der Waals surface area contributed by atoms with Crippen molar-refractivity contribution in [3.8, 4) is 0 Å². The lowest BCUT2D eigenvalue weighted by Gasteiger charge is -2.33. The minimum absolute atomic E-state index is 0. The maximum absolute atomic E-state index is 13.4. The Labute approximate surface area is 145 Å². The number of carbonyl (C=O) groups is 1. The van der Waals surface area contributed by atoms with Crippen molar-refractivity contribution in [2.45, 2.75) is 12.8 Å². The predicted octanol–water partition coefficient (Wildman–Crippen LogP) is 2.16. The molecule has 0 radical (unpaired) electrons. The maximum atomic E-state index is 13.4. The monoisotopic (exact) mass is 353 g/mol. The zero-order valence-corrected chi connectivity index (χ0v) is 14.3. The number of nitrogens with zero attached hydrogens (tertiary/aromatic N) is 1. The number of likely N-dealkylation sites (tertiary alicyclic amines) is 1. The largest absolute Gasteiger partial charge is 0.338 e. The summed E-state index contributed by atoms with van der Waals surface area (Å²) in [6.45, 7) is 2.23. The highest BCUT2D eigenvalue weighted by molar-refractivity contribution is 6.06. The number of pyridine rings is 1. The molecule has 0 saturated carbocycles. The average Bonchev–Trinajstić information content (AvgIpc) is 2.53. The summed E-state index contributed by atoms with van der Waals surface area (Å²) in [5.74, 6) is -0.179. The molecule has 2 heterocycles. The number of H-pyrrole nitrogens is 1. The van der Waals surface area contributed by atoms with Crippen LogP contribution in [0.5, 0.6) is 0 Å². The van der Waals surface area contributed by atoms with Crippen molar-refractivity contribution in [3.05, 3.63) is 46.0 Å². The summed E-state index contributed by atoms with van der Waals surface area (Å²) in [4.78, 5) is 29.0. The highest BCUT2D eigenvalue weighted by atomic mass is 35.5. The minimum Gasteiger partial charge on any atom is -0.338 e. The highest BCUT2D eigenvalue weighted by Crippen LogP contribution is 2.22. The second-order valence-electron chi connectivity index (χ2n) is 6.05. The SMILES string of the molecule is CNCC1CCCN(C(=O)c2cc(=O)[nH]c3cc(F)ccc23)C1.Cl. The first-order valence-electron chi connectivity index (χ1n) is 7.85. The van der Waals surface area contributed by atoms with Crippen molar-refractivity contribution in [2.75, 3.05) is 26.7 Å². The first-order chi connectivity index (χ1) is 11.1. The maximum Gasteiger partial charge on any atom is 0.254 e. The molecule has 2 N–H and O–H groups in total. The van der Waals surface area contributed by atoms with E-state index in [-0.39, 0.29) is 18.3 Å². The molecule has 5 nitrogen and oxygen atoms in total. The van der Waals surface area contributed by atoms with Crippen LogP contribution in [0.4, 0.5) is 4.39 Å². The summed E-state index contributed by atoms with van der Waals surface area (Å²) in [7, 11) is 1.90. The quantitative estimate of drug-likeness (QED) is 0.888. The van der Waals surface area contributed by atoms with Gasteiger partial charge in [0.15, 0.2) is 0 Å². The third-order valence-electron chi connectivity index (χ3n) is 4.33. The number of fused-ring (bicyclic) bond motifs is 1. The molecule has 1 amide bonds. The standard InChI is InChI=1S/C17H20FN3O2.ClH/c1-19-9-11-3-2-6-21(10-11)17(23)14-8-16(22)20-15-7-12(18)4-5-13(14)15;/h4-5,7-8,11,19H,2-3,6,9-10H2,1H3,(H,20,22);1H. The second kappa shape index (κ2) is 7.77. The number of aromatic amines is 1. The van der Waals surface area contributed by atoms with Crippen LogP contribution in [0.15, 0.2) is 29.1 Å². The first-order valence-corrected chi connectivity index (χ1v) is 7.85. The molecule has 0 spiro atoms. The van der Waals surface area contributed by atoms with Gasteiger partial charge in [-0.15, -0.1) is 12.4 Å². The van der Waals surface area contributed by atoms with Crippen molar-refractivity contribution >= 4 is 29.2 Å². The Kier molecular flexibility index (Phi) is 5.96. The van der Waals surface area contributed by atoms with Crippen molar-refractivity contribution in [3.63, 3.8) is 0 Å². The van der Waals surface area contributed by atoms with Gasteiger partial charge in [0.05, 0.1) is 11.1 Å². The van der Waals surface area contributed by atoms with Gasteiger partial charge in [0.2, 0.25) is 5.56 Å². The molecule has 0 aliphatic carbocycles. The molecule has 130 valence electrons. The smallest absolute Gasteiger partial charge is 0.254 e. The molecule has 2 aromatic rings. The Balaban J connectivity index is 0.00000208. The van der Waals surface area contributed by atoms with Gasteiger partial charge in [0.1, 0.15) is 5.82 Å². The fourth-order valence-corrected chi connectivity index (χ4v) is 3.28. The molecule has 1 aliphatic rings. The molecule has 1 atom stereocenters. The Bertz CT molecular complexity index is 791. The van der Waals surface area contributed by atoms with Gasteiger partial charge >= 0.3 is 0 Å². The van der Waals surface area contributed by atoms with Crippen molar-refractivity contribution in [1.29, 1.82) is 0 Å². The normalized spacial score (nSPS) is 17.6. The zero-order chi connectivity index (χ0) is 16.4. The predicted molar refractivity (Wildman–Crippen MR) is 94.3 cm³/mol. The summed E-state index contributed by atoms with van der Waals surface area (Å²) in [5, 5.41) is 3.72. The van der Waals surface area contributed by atoms with E-state index in [1.54, 1.807) is 11.0 Å².